The molecule has 2 aromatic rings. The van der Waals surface area contributed by atoms with Gasteiger partial charge in [0.25, 0.3) is 8.32 Å². The van der Waals surface area contributed by atoms with Crippen LogP contribution in [0.5, 0.6) is 0 Å². The number of hydrogen-bond acceptors (Lipinski definition) is 4. The van der Waals surface area contributed by atoms with E-state index in [1.54, 1.807) is 7.11 Å². The molecular formula is C28H40O4Si. The van der Waals surface area contributed by atoms with Crippen LogP contribution in [0.2, 0.25) is 5.04 Å². The third kappa shape index (κ3) is 7.47. The molecular weight excluding hydrogens is 428 g/mol. The smallest absolute Gasteiger partial charge is 0.261 e. The summed E-state index contributed by atoms with van der Waals surface area (Å²) in [6, 6.07) is 21.4. The fraction of sp³-hybridized carbons (Fsp3) is 0.464. The highest BCUT2D eigenvalue weighted by atomic mass is 28.4. The van der Waals surface area contributed by atoms with E-state index in [1.807, 2.05) is 6.08 Å². The molecule has 5 heteroatoms. The summed E-state index contributed by atoms with van der Waals surface area (Å²) in [6.07, 6.45) is 7.89. The van der Waals surface area contributed by atoms with Crippen LogP contribution in [0.3, 0.4) is 0 Å². The van der Waals surface area contributed by atoms with Crippen LogP contribution in [0.15, 0.2) is 72.8 Å². The lowest BCUT2D eigenvalue weighted by atomic mass is 10.1. The van der Waals surface area contributed by atoms with Crippen LogP contribution in [0.4, 0.5) is 0 Å². The molecule has 0 heterocycles. The fourth-order valence-corrected chi connectivity index (χ4v) is 8.88. The van der Waals surface area contributed by atoms with Gasteiger partial charge < -0.3 is 18.7 Å². The van der Waals surface area contributed by atoms with Crippen molar-refractivity contribution in [1.29, 1.82) is 0 Å². The van der Waals surface area contributed by atoms with E-state index >= 15 is 0 Å². The van der Waals surface area contributed by atoms with Crippen LogP contribution in [-0.4, -0.2) is 40.7 Å². The molecule has 0 saturated heterocycles. The predicted molar refractivity (Wildman–Crippen MR) is 139 cm³/mol. The second kappa shape index (κ2) is 13.6. The third-order valence-electron chi connectivity index (χ3n) is 5.86. The second-order valence-electron chi connectivity index (χ2n) is 9.36. The summed E-state index contributed by atoms with van der Waals surface area (Å²) >= 11 is 0. The van der Waals surface area contributed by atoms with Gasteiger partial charge in [-0.2, -0.15) is 0 Å². The Bertz CT molecular complexity index is 790. The lowest BCUT2D eigenvalue weighted by Crippen LogP contribution is -2.67. The zero-order valence-corrected chi connectivity index (χ0v) is 21.8. The molecule has 2 rings (SSSR count). The van der Waals surface area contributed by atoms with Gasteiger partial charge in [-0.3, -0.25) is 0 Å². The molecule has 0 spiro atoms. The van der Waals surface area contributed by atoms with E-state index in [0.717, 1.165) is 25.5 Å². The van der Waals surface area contributed by atoms with Gasteiger partial charge in [0.1, 0.15) is 13.1 Å². The Balaban J connectivity index is 2.53. The molecule has 180 valence electrons. The molecule has 2 atom stereocenters. The Morgan fingerprint density at radius 3 is 1.91 bits per heavy atom. The summed E-state index contributed by atoms with van der Waals surface area (Å²) in [7, 11) is -1.08. The summed E-state index contributed by atoms with van der Waals surface area (Å²) < 4.78 is 18.0. The number of hydrogen-bond donors (Lipinski definition) is 0. The molecule has 0 fully saturated rings. The van der Waals surface area contributed by atoms with E-state index in [0.29, 0.717) is 6.42 Å². The van der Waals surface area contributed by atoms with Gasteiger partial charge in [0.15, 0.2) is 0 Å². The normalized spacial score (nSPS) is 14.3. The lowest BCUT2D eigenvalue weighted by molar-refractivity contribution is -0.112. The Morgan fingerprint density at radius 1 is 0.909 bits per heavy atom. The highest BCUT2D eigenvalue weighted by Crippen LogP contribution is 2.38. The van der Waals surface area contributed by atoms with Crippen molar-refractivity contribution in [3.05, 3.63) is 72.8 Å². The Hall–Kier alpha value is -2.05. The maximum atomic E-state index is 11.1. The summed E-state index contributed by atoms with van der Waals surface area (Å²) in [6.45, 7) is 9.21. The fourth-order valence-electron chi connectivity index (χ4n) is 4.22. The van der Waals surface area contributed by atoms with Gasteiger partial charge >= 0.3 is 0 Å². The molecule has 0 unspecified atom stereocenters. The van der Waals surface area contributed by atoms with Crippen molar-refractivity contribution in [2.45, 2.75) is 70.6 Å². The first-order chi connectivity index (χ1) is 15.9. The SMILES string of the molecule is CCCC[C@@H](/C=C\[C@@H](CC=O)OCOC)O[Si](c1ccccc1)(c1ccccc1)C(C)(C)C. The molecule has 0 bridgehead atoms. The molecule has 4 nitrogen and oxygen atoms in total. The van der Waals surface area contributed by atoms with Crippen LogP contribution < -0.4 is 10.4 Å². The topological polar surface area (TPSA) is 44.8 Å². The van der Waals surface area contributed by atoms with Crippen molar-refractivity contribution >= 4 is 25.0 Å². The zero-order chi connectivity index (χ0) is 24.2. The predicted octanol–water partition coefficient (Wildman–Crippen LogP) is 5.26. The van der Waals surface area contributed by atoms with Crippen LogP contribution in [0, 0.1) is 0 Å². The maximum Gasteiger partial charge on any atom is 0.261 e. The molecule has 2 aromatic carbocycles. The van der Waals surface area contributed by atoms with Crippen LogP contribution in [0.1, 0.15) is 53.4 Å². The lowest BCUT2D eigenvalue weighted by Gasteiger charge is -2.45. The van der Waals surface area contributed by atoms with Gasteiger partial charge in [0.05, 0.1) is 12.2 Å². The standard InChI is InChI=1S/C28H40O4Si/c1-6-7-14-25(20-19-24(21-22-29)31-23-30-5)32-33(28(2,3)4,26-15-10-8-11-16-26)27-17-12-9-13-18-27/h8-13,15-20,22,24-25H,6-7,14,21,23H2,1-5H3/b20-19-/t24-,25-/m0/s1. The maximum absolute atomic E-state index is 11.1. The van der Waals surface area contributed by atoms with E-state index in [2.05, 4.69) is 94.4 Å². The van der Waals surface area contributed by atoms with Gasteiger partial charge in [0, 0.05) is 13.5 Å². The Labute approximate surface area is 201 Å². The molecule has 33 heavy (non-hydrogen) atoms. The van der Waals surface area contributed by atoms with Crippen LogP contribution in [-0.2, 0) is 18.7 Å². The van der Waals surface area contributed by atoms with Crippen molar-refractivity contribution in [3.63, 3.8) is 0 Å². The van der Waals surface area contributed by atoms with Gasteiger partial charge in [0.2, 0.25) is 0 Å². The molecule has 0 aromatic heterocycles. The number of carbonyl (C=O) groups is 1. The van der Waals surface area contributed by atoms with E-state index in [1.165, 1.54) is 10.4 Å². The first kappa shape index (κ1) is 27.2. The summed E-state index contributed by atoms with van der Waals surface area (Å²) in [5, 5.41) is 2.43. The Morgan fingerprint density at radius 2 is 1.45 bits per heavy atom. The minimum absolute atomic E-state index is 0.0865. The van der Waals surface area contributed by atoms with Crippen molar-refractivity contribution in [3.8, 4) is 0 Å². The van der Waals surface area contributed by atoms with E-state index in [-0.39, 0.29) is 24.0 Å². The molecule has 0 radical (unpaired) electrons. The summed E-state index contributed by atoms with van der Waals surface area (Å²) in [5.74, 6) is 0. The number of aldehydes is 1. The second-order valence-corrected chi connectivity index (χ2v) is 13.6. The van der Waals surface area contributed by atoms with Crippen LogP contribution in [0.25, 0.3) is 0 Å². The quantitative estimate of drug-likeness (QED) is 0.164. The van der Waals surface area contributed by atoms with Gasteiger partial charge in [-0.1, -0.05) is 113 Å². The highest BCUT2D eigenvalue weighted by Gasteiger charge is 2.51. The Kier molecular flexibility index (Phi) is 11.2. The minimum atomic E-state index is -2.66. The molecule has 0 aliphatic carbocycles. The van der Waals surface area contributed by atoms with E-state index in [9.17, 15) is 4.79 Å². The van der Waals surface area contributed by atoms with Crippen molar-refractivity contribution in [2.75, 3.05) is 13.9 Å². The molecule has 0 saturated carbocycles. The monoisotopic (exact) mass is 468 g/mol. The first-order valence-electron chi connectivity index (χ1n) is 11.9. The first-order valence-corrected chi connectivity index (χ1v) is 13.8. The van der Waals surface area contributed by atoms with E-state index in [4.69, 9.17) is 13.9 Å². The summed E-state index contributed by atoms with van der Waals surface area (Å²) in [4.78, 5) is 11.1. The highest BCUT2D eigenvalue weighted by molar-refractivity contribution is 6.99. The average molecular weight is 469 g/mol. The minimum Gasteiger partial charge on any atom is -0.401 e. The number of unbranched alkanes of at least 4 members (excludes halogenated alkanes) is 1. The summed E-state index contributed by atoms with van der Waals surface area (Å²) in [5.41, 5.74) is 0. The average Bonchev–Trinajstić information content (AvgIpc) is 2.82. The van der Waals surface area contributed by atoms with Crippen molar-refractivity contribution < 1.29 is 18.7 Å². The van der Waals surface area contributed by atoms with E-state index < -0.39 is 8.32 Å². The molecule has 0 N–H and O–H groups in total. The third-order valence-corrected chi connectivity index (χ3v) is 10.9. The molecule has 0 amide bonds. The van der Waals surface area contributed by atoms with Crippen molar-refractivity contribution in [1.82, 2.24) is 0 Å². The number of ether oxygens (including phenoxy) is 2. The number of methoxy groups -OCH3 is 1. The zero-order valence-electron chi connectivity index (χ0n) is 20.8. The number of rotatable bonds is 14. The van der Waals surface area contributed by atoms with Crippen LogP contribution >= 0.6 is 0 Å². The molecule has 0 aliphatic rings. The van der Waals surface area contributed by atoms with Gasteiger partial charge in [-0.15, -0.1) is 0 Å². The largest absolute Gasteiger partial charge is 0.401 e. The molecule has 0 aliphatic heterocycles. The number of carbonyl (C=O) groups excluding carboxylic acids is 1. The van der Waals surface area contributed by atoms with Crippen molar-refractivity contribution in [2.24, 2.45) is 0 Å². The van der Waals surface area contributed by atoms with Gasteiger partial charge in [-0.05, 0) is 21.8 Å². The van der Waals surface area contributed by atoms with Gasteiger partial charge in [-0.25, -0.2) is 0 Å². The number of benzene rings is 2.